The van der Waals surface area contributed by atoms with Gasteiger partial charge in [-0.1, -0.05) is 0 Å². The van der Waals surface area contributed by atoms with Gasteiger partial charge in [-0.2, -0.15) is 0 Å². The maximum atomic E-state index is 13.2. The number of hydrogen-bond donors (Lipinski definition) is 3. The SMILES string of the molecule is CN/C=C(\C(=O)Nc1ccc(F)cc1)C(=O)Nc1ccc(Oc2ccnc3cc(OC)c(OC)cc23)cc1OC. The summed E-state index contributed by atoms with van der Waals surface area (Å²) in [4.78, 5) is 30.2. The lowest BCUT2D eigenvalue weighted by molar-refractivity contribution is -0.118. The third kappa shape index (κ3) is 6.21. The van der Waals surface area contributed by atoms with Crippen LogP contribution in [0.25, 0.3) is 10.9 Å². The highest BCUT2D eigenvalue weighted by atomic mass is 19.1. The third-order valence-electron chi connectivity index (χ3n) is 5.74. The van der Waals surface area contributed by atoms with Crippen molar-refractivity contribution in [3.8, 4) is 28.7 Å². The summed E-state index contributed by atoms with van der Waals surface area (Å²) >= 11 is 0. The minimum absolute atomic E-state index is 0.207. The lowest BCUT2D eigenvalue weighted by Gasteiger charge is -2.15. The minimum Gasteiger partial charge on any atom is -0.494 e. The highest BCUT2D eigenvalue weighted by Crippen LogP contribution is 2.38. The Morgan fingerprint density at radius 2 is 1.48 bits per heavy atom. The van der Waals surface area contributed by atoms with Crippen LogP contribution in [0.4, 0.5) is 15.8 Å². The number of pyridine rings is 1. The van der Waals surface area contributed by atoms with Crippen molar-refractivity contribution in [1.82, 2.24) is 10.3 Å². The quantitative estimate of drug-likeness (QED) is 0.146. The molecule has 0 bridgehead atoms. The number of carbonyl (C=O) groups excluding carboxylic acids is 2. The second-order valence-corrected chi connectivity index (χ2v) is 8.26. The smallest absolute Gasteiger partial charge is 0.262 e. The Kier molecular flexibility index (Phi) is 8.65. The summed E-state index contributed by atoms with van der Waals surface area (Å²) in [7, 11) is 6.09. The fourth-order valence-electron chi connectivity index (χ4n) is 3.80. The normalized spacial score (nSPS) is 11.0. The lowest BCUT2D eigenvalue weighted by atomic mass is 10.1. The Bertz CT molecular complexity index is 1570. The molecule has 1 heterocycles. The van der Waals surface area contributed by atoms with Crippen molar-refractivity contribution >= 4 is 34.1 Å². The molecule has 0 radical (unpaired) electrons. The van der Waals surface area contributed by atoms with Crippen LogP contribution in [0.1, 0.15) is 0 Å². The predicted molar refractivity (Wildman–Crippen MR) is 149 cm³/mol. The summed E-state index contributed by atoms with van der Waals surface area (Å²) in [6.45, 7) is 0. The van der Waals surface area contributed by atoms with Crippen molar-refractivity contribution in [2.45, 2.75) is 0 Å². The van der Waals surface area contributed by atoms with E-state index in [-0.39, 0.29) is 5.57 Å². The third-order valence-corrected chi connectivity index (χ3v) is 5.74. The van der Waals surface area contributed by atoms with Crippen molar-refractivity contribution in [2.24, 2.45) is 0 Å². The first-order chi connectivity index (χ1) is 19.4. The van der Waals surface area contributed by atoms with Crippen LogP contribution in [0.2, 0.25) is 0 Å². The van der Waals surface area contributed by atoms with Crippen LogP contribution in [-0.4, -0.2) is 45.2 Å². The van der Waals surface area contributed by atoms with E-state index in [1.807, 2.05) is 0 Å². The summed E-state index contributed by atoms with van der Waals surface area (Å²) in [6.07, 6.45) is 2.87. The molecule has 10 nitrogen and oxygen atoms in total. The molecule has 0 aliphatic carbocycles. The second-order valence-electron chi connectivity index (χ2n) is 8.26. The lowest BCUT2D eigenvalue weighted by Crippen LogP contribution is -2.27. The average molecular weight is 547 g/mol. The minimum atomic E-state index is -0.692. The van der Waals surface area contributed by atoms with E-state index in [2.05, 4.69) is 20.9 Å². The van der Waals surface area contributed by atoms with Gasteiger partial charge in [0, 0.05) is 42.7 Å². The van der Waals surface area contributed by atoms with Crippen LogP contribution in [-0.2, 0) is 9.59 Å². The van der Waals surface area contributed by atoms with E-state index in [9.17, 15) is 14.0 Å². The molecule has 2 amide bonds. The number of fused-ring (bicyclic) bond motifs is 1. The molecule has 0 unspecified atom stereocenters. The van der Waals surface area contributed by atoms with Crippen LogP contribution < -0.4 is 34.9 Å². The number of ether oxygens (including phenoxy) is 4. The Balaban J connectivity index is 1.55. The second kappa shape index (κ2) is 12.5. The van der Waals surface area contributed by atoms with Crippen molar-refractivity contribution in [2.75, 3.05) is 39.0 Å². The Hall–Kier alpha value is -5.32. The number of anilines is 2. The number of amides is 2. The maximum absolute atomic E-state index is 13.2. The van der Waals surface area contributed by atoms with Crippen molar-refractivity contribution in [3.63, 3.8) is 0 Å². The van der Waals surface area contributed by atoms with Gasteiger partial charge < -0.3 is 34.9 Å². The van der Waals surface area contributed by atoms with Gasteiger partial charge in [-0.15, -0.1) is 0 Å². The van der Waals surface area contributed by atoms with E-state index < -0.39 is 17.6 Å². The van der Waals surface area contributed by atoms with Crippen LogP contribution in [0.15, 0.2) is 78.6 Å². The number of methoxy groups -OCH3 is 3. The highest BCUT2D eigenvalue weighted by molar-refractivity contribution is 6.26. The summed E-state index contributed by atoms with van der Waals surface area (Å²) in [6, 6.07) is 15.3. The zero-order chi connectivity index (χ0) is 28.6. The standard InChI is InChI=1S/C29H27FN4O6/c1-31-16-21(28(35)33-18-7-5-17(30)6-8-18)29(36)34-22-10-9-19(13-25(22)37-2)40-24-11-12-32-23-15-27(39-4)26(38-3)14-20(23)24/h5-16,31H,1-4H3,(H,33,35)(H,34,36)/b21-16+. The van der Waals surface area contributed by atoms with Gasteiger partial charge >= 0.3 is 0 Å². The summed E-state index contributed by atoms with van der Waals surface area (Å²) < 4.78 is 35.6. The molecule has 0 saturated carbocycles. The van der Waals surface area contributed by atoms with Gasteiger partial charge in [0.15, 0.2) is 11.5 Å². The molecule has 0 spiro atoms. The highest BCUT2D eigenvalue weighted by Gasteiger charge is 2.21. The molecule has 0 aliphatic heterocycles. The van der Waals surface area contributed by atoms with Crippen molar-refractivity contribution in [1.29, 1.82) is 0 Å². The van der Waals surface area contributed by atoms with Crippen LogP contribution in [0.3, 0.4) is 0 Å². The molecular formula is C29H27FN4O6. The molecule has 3 aromatic carbocycles. The molecule has 206 valence electrons. The molecule has 4 rings (SSSR count). The summed E-state index contributed by atoms with van der Waals surface area (Å²) in [5, 5.41) is 8.64. The zero-order valence-corrected chi connectivity index (χ0v) is 22.2. The van der Waals surface area contributed by atoms with Gasteiger partial charge in [-0.25, -0.2) is 4.39 Å². The molecule has 1 aromatic heterocycles. The van der Waals surface area contributed by atoms with Crippen LogP contribution in [0, 0.1) is 5.82 Å². The first kappa shape index (κ1) is 27.7. The van der Waals surface area contributed by atoms with Gasteiger partial charge in [-0.05, 0) is 48.5 Å². The van der Waals surface area contributed by atoms with E-state index in [0.29, 0.717) is 51.0 Å². The molecule has 40 heavy (non-hydrogen) atoms. The number of hydrogen-bond acceptors (Lipinski definition) is 8. The number of aromatic nitrogens is 1. The number of carbonyl (C=O) groups is 2. The molecule has 0 atom stereocenters. The van der Waals surface area contributed by atoms with Gasteiger partial charge in [-0.3, -0.25) is 14.6 Å². The molecule has 0 saturated heterocycles. The van der Waals surface area contributed by atoms with E-state index in [4.69, 9.17) is 18.9 Å². The van der Waals surface area contributed by atoms with Gasteiger partial charge in [0.05, 0.1) is 32.5 Å². The Morgan fingerprint density at radius 1 is 0.800 bits per heavy atom. The maximum Gasteiger partial charge on any atom is 0.262 e. The Morgan fingerprint density at radius 3 is 2.15 bits per heavy atom. The molecule has 11 heteroatoms. The van der Waals surface area contributed by atoms with Crippen molar-refractivity contribution in [3.05, 3.63) is 84.5 Å². The van der Waals surface area contributed by atoms with E-state index >= 15 is 0 Å². The van der Waals surface area contributed by atoms with Crippen molar-refractivity contribution < 1.29 is 32.9 Å². The Labute approximate surface area is 229 Å². The molecule has 4 aromatic rings. The average Bonchev–Trinajstić information content (AvgIpc) is 2.97. The fourth-order valence-corrected chi connectivity index (χ4v) is 3.80. The van der Waals surface area contributed by atoms with Gasteiger partial charge in [0.25, 0.3) is 11.8 Å². The molecule has 0 fully saturated rings. The monoisotopic (exact) mass is 546 g/mol. The van der Waals surface area contributed by atoms with E-state index in [1.54, 1.807) is 63.9 Å². The predicted octanol–water partition coefficient (Wildman–Crippen LogP) is 4.87. The topological polar surface area (TPSA) is 120 Å². The number of halogens is 1. The van der Waals surface area contributed by atoms with Gasteiger partial charge in [0.1, 0.15) is 28.6 Å². The first-order valence-electron chi connectivity index (χ1n) is 12.0. The number of nitrogens with zero attached hydrogens (tertiary/aromatic N) is 1. The fraction of sp³-hybridized carbons (Fsp3) is 0.138. The van der Waals surface area contributed by atoms with E-state index in [0.717, 1.165) is 0 Å². The summed E-state index contributed by atoms with van der Waals surface area (Å²) in [5.41, 5.74) is 1.08. The first-order valence-corrected chi connectivity index (χ1v) is 12.0. The van der Waals surface area contributed by atoms with Crippen LogP contribution >= 0.6 is 0 Å². The molecule has 3 N–H and O–H groups in total. The number of rotatable bonds is 10. The number of nitrogens with one attached hydrogen (secondary N) is 3. The van der Waals surface area contributed by atoms with E-state index in [1.165, 1.54) is 37.6 Å². The molecule has 0 aliphatic rings. The largest absolute Gasteiger partial charge is 0.494 e. The van der Waals surface area contributed by atoms with Crippen LogP contribution in [0.5, 0.6) is 28.7 Å². The number of benzene rings is 3. The van der Waals surface area contributed by atoms with Gasteiger partial charge in [0.2, 0.25) is 0 Å². The zero-order valence-electron chi connectivity index (χ0n) is 22.2. The molecular weight excluding hydrogens is 519 g/mol. The summed E-state index contributed by atoms with van der Waals surface area (Å²) in [5.74, 6) is 0.483.